The number of nitrogens with zero attached hydrogens (tertiary/aromatic N) is 2. The maximum Gasteiger partial charge on any atom is 0.228 e. The van der Waals surface area contributed by atoms with Gasteiger partial charge in [-0.2, -0.15) is 0 Å². The number of carbonyl (C=O) groups is 2. The van der Waals surface area contributed by atoms with Crippen molar-refractivity contribution in [1.82, 2.24) is 15.2 Å². The van der Waals surface area contributed by atoms with Gasteiger partial charge in [-0.25, -0.2) is 4.98 Å². The average Bonchev–Trinajstić information content (AvgIpc) is 3.23. The number of hydrogen-bond donors (Lipinski definition) is 1. The third-order valence-electron chi connectivity index (χ3n) is 4.18. The van der Waals surface area contributed by atoms with Crippen molar-refractivity contribution >= 4 is 23.2 Å². The summed E-state index contributed by atoms with van der Waals surface area (Å²) in [4.78, 5) is 29.9. The highest BCUT2D eigenvalue weighted by molar-refractivity contribution is 7.13. The minimum atomic E-state index is -0.0179. The lowest BCUT2D eigenvalue weighted by molar-refractivity contribution is -0.129. The molecule has 0 saturated carbocycles. The molecular weight excluding hydrogens is 322 g/mol. The van der Waals surface area contributed by atoms with E-state index >= 15 is 0 Å². The molecule has 126 valence electrons. The molecule has 1 aromatic carbocycles. The van der Waals surface area contributed by atoms with E-state index in [0.29, 0.717) is 18.9 Å². The zero-order valence-electron chi connectivity index (χ0n) is 13.7. The molecule has 1 aliphatic heterocycles. The summed E-state index contributed by atoms with van der Waals surface area (Å²) < 4.78 is 0. The van der Waals surface area contributed by atoms with Crippen LogP contribution in [0.25, 0.3) is 10.6 Å². The van der Waals surface area contributed by atoms with Crippen molar-refractivity contribution in [1.29, 1.82) is 0 Å². The maximum absolute atomic E-state index is 12.4. The average molecular weight is 343 g/mol. The fraction of sp³-hybridized carbons (Fsp3) is 0.389. The molecule has 1 aromatic heterocycles. The zero-order chi connectivity index (χ0) is 16.9. The van der Waals surface area contributed by atoms with Crippen LogP contribution in [0.3, 0.4) is 0 Å². The van der Waals surface area contributed by atoms with E-state index in [9.17, 15) is 9.59 Å². The lowest BCUT2D eigenvalue weighted by Crippen LogP contribution is -2.33. The Kier molecular flexibility index (Phi) is 5.25. The van der Waals surface area contributed by atoms with Crippen molar-refractivity contribution < 1.29 is 9.59 Å². The van der Waals surface area contributed by atoms with Crippen LogP contribution in [0.5, 0.6) is 0 Å². The number of rotatable bonds is 5. The first-order valence-electron chi connectivity index (χ1n) is 8.14. The molecule has 0 bridgehead atoms. The van der Waals surface area contributed by atoms with Crippen molar-refractivity contribution in [3.8, 4) is 10.6 Å². The monoisotopic (exact) mass is 343 g/mol. The summed E-state index contributed by atoms with van der Waals surface area (Å²) in [6.07, 6.45) is 1.29. The van der Waals surface area contributed by atoms with Gasteiger partial charge in [0.1, 0.15) is 5.01 Å². The molecule has 0 spiro atoms. The Morgan fingerprint density at radius 1 is 1.33 bits per heavy atom. The van der Waals surface area contributed by atoms with Gasteiger partial charge < -0.3 is 10.2 Å². The van der Waals surface area contributed by atoms with Gasteiger partial charge in [0.2, 0.25) is 11.8 Å². The van der Waals surface area contributed by atoms with Gasteiger partial charge in [-0.05, 0) is 12.3 Å². The number of nitrogens with one attached hydrogen (secondary N) is 1. The van der Waals surface area contributed by atoms with Gasteiger partial charge in [-0.3, -0.25) is 9.59 Å². The SMILES string of the molecule is CC(=O)NCC1CCN(C(=O)Cc2csc(-c3ccccc3)n2)C1. The predicted octanol–water partition coefficient (Wildman–Crippen LogP) is 2.34. The smallest absolute Gasteiger partial charge is 0.228 e. The van der Waals surface area contributed by atoms with Crippen molar-refractivity contribution in [2.24, 2.45) is 5.92 Å². The molecule has 1 aliphatic rings. The molecule has 2 aromatic rings. The van der Waals surface area contributed by atoms with Gasteiger partial charge in [-0.15, -0.1) is 11.3 Å². The topological polar surface area (TPSA) is 62.3 Å². The lowest BCUT2D eigenvalue weighted by atomic mass is 10.1. The van der Waals surface area contributed by atoms with E-state index in [1.807, 2.05) is 40.6 Å². The number of amides is 2. The Morgan fingerprint density at radius 3 is 2.88 bits per heavy atom. The van der Waals surface area contributed by atoms with Gasteiger partial charge in [0.05, 0.1) is 12.1 Å². The van der Waals surface area contributed by atoms with E-state index in [4.69, 9.17) is 0 Å². The second kappa shape index (κ2) is 7.57. The van der Waals surface area contributed by atoms with Crippen LogP contribution in [0.1, 0.15) is 19.0 Å². The van der Waals surface area contributed by atoms with E-state index in [1.165, 1.54) is 6.92 Å². The van der Waals surface area contributed by atoms with Gasteiger partial charge in [0, 0.05) is 37.5 Å². The molecule has 1 unspecified atom stereocenters. The van der Waals surface area contributed by atoms with Crippen LogP contribution in [0, 0.1) is 5.92 Å². The standard InChI is InChI=1S/C18H21N3O2S/c1-13(22)19-10-14-7-8-21(11-14)17(23)9-16-12-24-18(20-16)15-5-3-2-4-6-15/h2-6,12,14H,7-11H2,1H3,(H,19,22). The summed E-state index contributed by atoms with van der Waals surface area (Å²) in [5.74, 6) is 0.453. The molecule has 2 heterocycles. The van der Waals surface area contributed by atoms with Gasteiger partial charge in [-0.1, -0.05) is 30.3 Å². The van der Waals surface area contributed by atoms with Gasteiger partial charge >= 0.3 is 0 Å². The van der Waals surface area contributed by atoms with Crippen molar-refractivity contribution in [2.45, 2.75) is 19.8 Å². The number of aromatic nitrogens is 1. The third kappa shape index (κ3) is 4.20. The molecule has 0 radical (unpaired) electrons. The molecule has 5 nitrogen and oxygen atoms in total. The van der Waals surface area contributed by atoms with Crippen LogP contribution in [-0.4, -0.2) is 41.3 Å². The predicted molar refractivity (Wildman–Crippen MR) is 94.6 cm³/mol. The Bertz CT molecular complexity index is 714. The van der Waals surface area contributed by atoms with E-state index < -0.39 is 0 Å². The van der Waals surface area contributed by atoms with Crippen molar-refractivity contribution in [3.05, 3.63) is 41.4 Å². The molecule has 2 amide bonds. The van der Waals surface area contributed by atoms with Crippen LogP contribution in [0.15, 0.2) is 35.7 Å². The Morgan fingerprint density at radius 2 is 2.12 bits per heavy atom. The zero-order valence-corrected chi connectivity index (χ0v) is 14.5. The summed E-state index contributed by atoms with van der Waals surface area (Å²) in [7, 11) is 0. The third-order valence-corrected chi connectivity index (χ3v) is 5.12. The molecule has 24 heavy (non-hydrogen) atoms. The molecular formula is C18H21N3O2S. The van der Waals surface area contributed by atoms with E-state index in [0.717, 1.165) is 35.8 Å². The molecule has 1 fully saturated rings. The van der Waals surface area contributed by atoms with Crippen molar-refractivity contribution in [3.63, 3.8) is 0 Å². The number of likely N-dealkylation sites (tertiary alicyclic amines) is 1. The Hall–Kier alpha value is -2.21. The Labute approximate surface area is 145 Å². The quantitative estimate of drug-likeness (QED) is 0.906. The van der Waals surface area contributed by atoms with Crippen LogP contribution in [0.4, 0.5) is 0 Å². The van der Waals surface area contributed by atoms with E-state index in [1.54, 1.807) is 11.3 Å². The van der Waals surface area contributed by atoms with Crippen LogP contribution < -0.4 is 5.32 Å². The molecule has 3 rings (SSSR count). The number of hydrogen-bond acceptors (Lipinski definition) is 4. The summed E-state index contributed by atoms with van der Waals surface area (Å²) >= 11 is 1.57. The number of thiazole rings is 1. The highest BCUT2D eigenvalue weighted by Crippen LogP contribution is 2.24. The maximum atomic E-state index is 12.4. The summed E-state index contributed by atoms with van der Waals surface area (Å²) in [6, 6.07) is 10.0. The second-order valence-corrected chi connectivity index (χ2v) is 6.98. The molecule has 0 aliphatic carbocycles. The largest absolute Gasteiger partial charge is 0.356 e. The van der Waals surface area contributed by atoms with E-state index in [2.05, 4.69) is 10.3 Å². The second-order valence-electron chi connectivity index (χ2n) is 6.12. The fourth-order valence-electron chi connectivity index (χ4n) is 2.88. The first kappa shape index (κ1) is 16.6. The van der Waals surface area contributed by atoms with Crippen LogP contribution in [-0.2, 0) is 16.0 Å². The normalized spacial score (nSPS) is 17.0. The molecule has 1 atom stereocenters. The van der Waals surface area contributed by atoms with Gasteiger partial charge in [0.25, 0.3) is 0 Å². The Balaban J connectivity index is 1.54. The fourth-order valence-corrected chi connectivity index (χ4v) is 3.71. The first-order chi connectivity index (χ1) is 11.6. The van der Waals surface area contributed by atoms with Gasteiger partial charge in [0.15, 0.2) is 0 Å². The molecule has 1 N–H and O–H groups in total. The minimum Gasteiger partial charge on any atom is -0.356 e. The summed E-state index contributed by atoms with van der Waals surface area (Å²) in [5, 5.41) is 5.74. The number of benzene rings is 1. The highest BCUT2D eigenvalue weighted by atomic mass is 32.1. The van der Waals surface area contributed by atoms with Crippen molar-refractivity contribution in [2.75, 3.05) is 19.6 Å². The number of carbonyl (C=O) groups excluding carboxylic acids is 2. The first-order valence-corrected chi connectivity index (χ1v) is 9.02. The lowest BCUT2D eigenvalue weighted by Gasteiger charge is -2.16. The highest BCUT2D eigenvalue weighted by Gasteiger charge is 2.26. The molecule has 1 saturated heterocycles. The summed E-state index contributed by atoms with van der Waals surface area (Å²) in [6.45, 7) is 3.64. The summed E-state index contributed by atoms with van der Waals surface area (Å²) in [5.41, 5.74) is 1.91. The molecule has 6 heteroatoms. The van der Waals surface area contributed by atoms with Crippen LogP contribution in [0.2, 0.25) is 0 Å². The van der Waals surface area contributed by atoms with Crippen LogP contribution >= 0.6 is 11.3 Å². The van der Waals surface area contributed by atoms with E-state index in [-0.39, 0.29) is 11.8 Å². The minimum absolute atomic E-state index is 0.0179.